The van der Waals surface area contributed by atoms with E-state index in [4.69, 9.17) is 4.74 Å². The molecular weight excluding hydrogens is 287 g/mol. The Morgan fingerprint density at radius 2 is 1.93 bits per heavy atom. The summed E-state index contributed by atoms with van der Waals surface area (Å²) in [7, 11) is 0. The summed E-state index contributed by atoms with van der Waals surface area (Å²) in [6.45, 7) is 5.90. The van der Waals surface area contributed by atoms with E-state index in [-0.39, 0.29) is 0 Å². The van der Waals surface area contributed by atoms with Crippen molar-refractivity contribution in [1.82, 2.24) is 0 Å². The lowest BCUT2D eigenvalue weighted by Crippen LogP contribution is -2.15. The van der Waals surface area contributed by atoms with E-state index >= 15 is 0 Å². The molecule has 1 aromatic rings. The summed E-state index contributed by atoms with van der Waals surface area (Å²) in [6.07, 6.45) is 0. The monoisotopic (exact) mass is 304 g/mol. The minimum Gasteiger partial charge on any atom is -0.381 e. The molecule has 0 aliphatic rings. The highest BCUT2D eigenvalue weighted by Crippen LogP contribution is 2.25. The van der Waals surface area contributed by atoms with E-state index in [1.165, 1.54) is 5.56 Å². The molecule has 0 saturated heterocycles. The van der Waals surface area contributed by atoms with Gasteiger partial charge < -0.3 is 4.74 Å². The molecule has 2 unspecified atom stereocenters. The maximum absolute atomic E-state index is 5.51. The molecule has 0 aromatic heterocycles. The van der Waals surface area contributed by atoms with Crippen LogP contribution in [-0.2, 0) is 4.74 Å². The smallest absolute Gasteiger partial charge is 0.0544 e. The summed E-state index contributed by atoms with van der Waals surface area (Å²) in [4.78, 5) is 0. The zero-order chi connectivity index (χ0) is 10.4. The molecule has 0 radical (unpaired) electrons. The van der Waals surface area contributed by atoms with Crippen LogP contribution in [-0.4, -0.2) is 17.1 Å². The van der Waals surface area contributed by atoms with Gasteiger partial charge in [0, 0.05) is 16.4 Å². The normalized spacial score (nSPS) is 15.1. The number of ether oxygens (including phenoxy) is 1. The van der Waals surface area contributed by atoms with Crippen molar-refractivity contribution in [2.75, 3.05) is 13.2 Å². The fourth-order valence-electron chi connectivity index (χ4n) is 1.44. The van der Waals surface area contributed by atoms with Crippen LogP contribution in [0, 0.1) is 0 Å². The van der Waals surface area contributed by atoms with E-state index in [1.807, 2.05) is 6.92 Å². The van der Waals surface area contributed by atoms with Crippen molar-refractivity contribution in [3.63, 3.8) is 0 Å². The predicted octanol–water partition coefficient (Wildman–Crippen LogP) is 3.63. The van der Waals surface area contributed by atoms with Crippen molar-refractivity contribution in [2.24, 2.45) is 0 Å². The zero-order valence-electron chi connectivity index (χ0n) is 8.74. The molecular formula is C12H17IO. The van der Waals surface area contributed by atoms with Gasteiger partial charge in [-0.2, -0.15) is 0 Å². The van der Waals surface area contributed by atoms with Gasteiger partial charge in [-0.1, -0.05) is 59.8 Å². The second-order valence-corrected chi connectivity index (χ2v) is 5.32. The van der Waals surface area contributed by atoms with E-state index in [1.54, 1.807) is 0 Å². The number of hydrogen-bond donors (Lipinski definition) is 0. The minimum atomic E-state index is 0.511. The molecule has 0 saturated carbocycles. The van der Waals surface area contributed by atoms with Gasteiger partial charge >= 0.3 is 0 Å². The third-order valence-electron chi connectivity index (χ3n) is 2.28. The molecule has 0 fully saturated rings. The van der Waals surface area contributed by atoms with Gasteiger partial charge in [0.1, 0.15) is 0 Å². The van der Waals surface area contributed by atoms with E-state index in [0.29, 0.717) is 9.84 Å². The van der Waals surface area contributed by atoms with E-state index < -0.39 is 0 Å². The Bertz CT molecular complexity index is 246. The van der Waals surface area contributed by atoms with Crippen LogP contribution < -0.4 is 0 Å². The summed E-state index contributed by atoms with van der Waals surface area (Å²) in [5.41, 5.74) is 1.38. The van der Waals surface area contributed by atoms with Gasteiger partial charge in [0.25, 0.3) is 0 Å². The molecule has 14 heavy (non-hydrogen) atoms. The molecule has 0 aliphatic carbocycles. The lowest BCUT2D eigenvalue weighted by Gasteiger charge is -2.19. The molecule has 0 bridgehead atoms. The molecule has 1 rings (SSSR count). The number of benzene rings is 1. The highest BCUT2D eigenvalue weighted by Gasteiger charge is 2.16. The second-order valence-electron chi connectivity index (χ2n) is 3.35. The van der Waals surface area contributed by atoms with Crippen molar-refractivity contribution >= 4 is 22.6 Å². The molecule has 0 amide bonds. The second kappa shape index (κ2) is 6.40. The Kier molecular flexibility index (Phi) is 5.48. The average Bonchev–Trinajstić information content (AvgIpc) is 2.19. The highest BCUT2D eigenvalue weighted by atomic mass is 127. The Morgan fingerprint density at radius 3 is 2.43 bits per heavy atom. The first-order chi connectivity index (χ1) is 6.75. The fraction of sp³-hybridized carbons (Fsp3) is 0.500. The van der Waals surface area contributed by atoms with Crippen molar-refractivity contribution in [3.05, 3.63) is 35.9 Å². The van der Waals surface area contributed by atoms with Crippen LogP contribution in [0.3, 0.4) is 0 Å². The third kappa shape index (κ3) is 3.58. The molecule has 1 aromatic carbocycles. The number of alkyl halides is 1. The fourth-order valence-corrected chi connectivity index (χ4v) is 2.06. The van der Waals surface area contributed by atoms with Gasteiger partial charge in [-0.25, -0.2) is 0 Å². The first kappa shape index (κ1) is 12.0. The van der Waals surface area contributed by atoms with E-state index in [9.17, 15) is 0 Å². The van der Waals surface area contributed by atoms with Crippen molar-refractivity contribution in [1.29, 1.82) is 0 Å². The van der Waals surface area contributed by atoms with Crippen LogP contribution in [0.2, 0.25) is 0 Å². The lowest BCUT2D eigenvalue weighted by molar-refractivity contribution is 0.133. The van der Waals surface area contributed by atoms with Gasteiger partial charge in [0.15, 0.2) is 0 Å². The van der Waals surface area contributed by atoms with Crippen LogP contribution in [0.25, 0.3) is 0 Å². The number of hydrogen-bond acceptors (Lipinski definition) is 1. The van der Waals surface area contributed by atoms with Gasteiger partial charge in [-0.3, -0.25) is 0 Å². The maximum atomic E-state index is 5.51. The summed E-state index contributed by atoms with van der Waals surface area (Å²) in [6, 6.07) is 10.6. The first-order valence-corrected chi connectivity index (χ1v) is 6.27. The van der Waals surface area contributed by atoms with Gasteiger partial charge in [-0.15, -0.1) is 0 Å². The SMILES string of the molecule is CCOCC(c1ccccc1)C(C)I. The Morgan fingerprint density at radius 1 is 1.29 bits per heavy atom. The summed E-state index contributed by atoms with van der Waals surface area (Å²) < 4.78 is 6.11. The topological polar surface area (TPSA) is 9.23 Å². The summed E-state index contributed by atoms with van der Waals surface area (Å²) >= 11 is 2.47. The number of rotatable bonds is 5. The van der Waals surface area contributed by atoms with E-state index in [0.717, 1.165) is 13.2 Å². The lowest BCUT2D eigenvalue weighted by atomic mass is 9.97. The minimum absolute atomic E-state index is 0.511. The molecule has 0 N–H and O–H groups in total. The molecule has 2 atom stereocenters. The summed E-state index contributed by atoms with van der Waals surface area (Å²) in [5.74, 6) is 0.511. The third-order valence-corrected chi connectivity index (χ3v) is 3.15. The average molecular weight is 304 g/mol. The zero-order valence-corrected chi connectivity index (χ0v) is 10.9. The van der Waals surface area contributed by atoms with Crippen molar-refractivity contribution in [3.8, 4) is 0 Å². The van der Waals surface area contributed by atoms with Crippen LogP contribution >= 0.6 is 22.6 Å². The van der Waals surface area contributed by atoms with Crippen molar-refractivity contribution < 1.29 is 4.74 Å². The molecule has 2 heteroatoms. The van der Waals surface area contributed by atoms with Crippen LogP contribution in [0.1, 0.15) is 25.3 Å². The first-order valence-electron chi connectivity index (χ1n) is 5.02. The standard InChI is InChI=1S/C12H17IO/c1-3-14-9-12(10(2)13)11-7-5-4-6-8-11/h4-8,10,12H,3,9H2,1-2H3. The van der Waals surface area contributed by atoms with Crippen LogP contribution in [0.5, 0.6) is 0 Å². The molecule has 0 spiro atoms. The Hall–Kier alpha value is -0.0900. The molecule has 78 valence electrons. The van der Waals surface area contributed by atoms with Crippen LogP contribution in [0.15, 0.2) is 30.3 Å². The van der Waals surface area contributed by atoms with Gasteiger partial charge in [-0.05, 0) is 12.5 Å². The molecule has 0 aliphatic heterocycles. The summed E-state index contributed by atoms with van der Waals surface area (Å²) in [5, 5.41) is 0. The number of halogens is 1. The highest BCUT2D eigenvalue weighted by molar-refractivity contribution is 14.1. The van der Waals surface area contributed by atoms with Gasteiger partial charge in [0.2, 0.25) is 0 Å². The maximum Gasteiger partial charge on any atom is 0.0544 e. The van der Waals surface area contributed by atoms with E-state index in [2.05, 4.69) is 59.8 Å². The van der Waals surface area contributed by atoms with Gasteiger partial charge in [0.05, 0.1) is 6.61 Å². The van der Waals surface area contributed by atoms with Crippen molar-refractivity contribution in [2.45, 2.75) is 23.7 Å². The largest absolute Gasteiger partial charge is 0.381 e. The van der Waals surface area contributed by atoms with Crippen LogP contribution in [0.4, 0.5) is 0 Å². The molecule has 0 heterocycles. The Labute approximate surface area is 100.0 Å². The Balaban J connectivity index is 2.68. The quantitative estimate of drug-likeness (QED) is 0.596. The molecule has 1 nitrogen and oxygen atoms in total. The predicted molar refractivity (Wildman–Crippen MR) is 69.2 cm³/mol.